The van der Waals surface area contributed by atoms with Crippen molar-refractivity contribution in [3.63, 3.8) is 0 Å². The summed E-state index contributed by atoms with van der Waals surface area (Å²) in [5.41, 5.74) is 1.81. The Bertz CT molecular complexity index is 1150. The molecular formula is C22H14Cl3N3O3. The third kappa shape index (κ3) is 5.89. The molecule has 0 aromatic heterocycles. The first-order valence-corrected chi connectivity index (χ1v) is 9.98. The number of nitrogens with zero attached hydrogens (tertiary/aromatic N) is 1. The van der Waals surface area contributed by atoms with E-state index in [1.54, 1.807) is 42.5 Å². The van der Waals surface area contributed by atoms with Crippen molar-refractivity contribution < 1.29 is 14.3 Å². The number of halogens is 3. The average molecular weight is 475 g/mol. The van der Waals surface area contributed by atoms with Crippen molar-refractivity contribution in [1.29, 1.82) is 5.26 Å². The van der Waals surface area contributed by atoms with E-state index in [1.165, 1.54) is 18.2 Å². The van der Waals surface area contributed by atoms with Gasteiger partial charge in [0.15, 0.2) is 5.75 Å². The van der Waals surface area contributed by atoms with Crippen LogP contribution in [0.3, 0.4) is 0 Å². The number of anilines is 1. The number of ether oxygens (including phenoxy) is 1. The zero-order chi connectivity index (χ0) is 22.4. The second kappa shape index (κ2) is 10.2. The number of hydrogen-bond acceptors (Lipinski definition) is 4. The SMILES string of the molecule is N#Cc1ccc(COc2c(Cl)cc(NC(=O)NC(=O)c3ccccc3Cl)cc2Cl)cc1. The van der Waals surface area contributed by atoms with E-state index >= 15 is 0 Å². The van der Waals surface area contributed by atoms with Gasteiger partial charge < -0.3 is 10.1 Å². The second-order valence-electron chi connectivity index (χ2n) is 6.25. The maximum Gasteiger partial charge on any atom is 0.326 e. The Hall–Kier alpha value is -3.24. The molecule has 156 valence electrons. The van der Waals surface area contributed by atoms with Gasteiger partial charge in [-0.25, -0.2) is 4.79 Å². The first-order chi connectivity index (χ1) is 14.9. The van der Waals surface area contributed by atoms with Gasteiger partial charge in [0.05, 0.1) is 32.3 Å². The number of nitrogens with one attached hydrogen (secondary N) is 2. The van der Waals surface area contributed by atoms with Crippen LogP contribution in [0.5, 0.6) is 5.75 Å². The van der Waals surface area contributed by atoms with Crippen LogP contribution in [-0.2, 0) is 6.61 Å². The quantitative estimate of drug-likeness (QED) is 0.470. The van der Waals surface area contributed by atoms with Gasteiger partial charge in [-0.3, -0.25) is 10.1 Å². The molecule has 0 bridgehead atoms. The highest BCUT2D eigenvalue weighted by Gasteiger charge is 2.15. The molecule has 0 spiro atoms. The molecule has 0 heterocycles. The van der Waals surface area contributed by atoms with Crippen LogP contribution in [0.1, 0.15) is 21.5 Å². The minimum absolute atomic E-state index is 0.168. The molecule has 0 aliphatic heterocycles. The Morgan fingerprint density at radius 3 is 2.19 bits per heavy atom. The summed E-state index contributed by atoms with van der Waals surface area (Å²) >= 11 is 18.4. The standard InChI is InChI=1S/C22H14Cl3N3O3/c23-17-4-2-1-3-16(17)21(29)28-22(30)27-15-9-18(24)20(19(25)10-15)31-12-14-7-5-13(11-26)6-8-14/h1-10H,12H2,(H2,27,28,29,30). The Kier molecular flexibility index (Phi) is 7.37. The van der Waals surface area contributed by atoms with Crippen LogP contribution in [-0.4, -0.2) is 11.9 Å². The molecule has 2 N–H and O–H groups in total. The lowest BCUT2D eigenvalue weighted by molar-refractivity contribution is 0.0967. The number of carbonyl (C=O) groups excluding carboxylic acids is 2. The van der Waals surface area contributed by atoms with Crippen LogP contribution < -0.4 is 15.4 Å². The molecule has 0 aliphatic carbocycles. The molecule has 9 heteroatoms. The first kappa shape index (κ1) is 22.4. The second-order valence-corrected chi connectivity index (χ2v) is 7.48. The Balaban J connectivity index is 1.64. The summed E-state index contributed by atoms with van der Waals surface area (Å²) in [7, 11) is 0. The van der Waals surface area contributed by atoms with Crippen LogP contribution >= 0.6 is 34.8 Å². The van der Waals surface area contributed by atoms with Crippen LogP contribution in [0.2, 0.25) is 15.1 Å². The van der Waals surface area contributed by atoms with Gasteiger partial charge in [0, 0.05) is 5.69 Å². The fourth-order valence-electron chi connectivity index (χ4n) is 2.58. The largest absolute Gasteiger partial charge is 0.486 e. The molecule has 0 saturated heterocycles. The number of imide groups is 1. The molecule has 0 unspecified atom stereocenters. The summed E-state index contributed by atoms with van der Waals surface area (Å²) in [4.78, 5) is 24.3. The van der Waals surface area contributed by atoms with Gasteiger partial charge in [0.2, 0.25) is 0 Å². The number of benzene rings is 3. The van der Waals surface area contributed by atoms with Gasteiger partial charge in [-0.15, -0.1) is 0 Å². The fourth-order valence-corrected chi connectivity index (χ4v) is 3.40. The molecule has 31 heavy (non-hydrogen) atoms. The van der Waals surface area contributed by atoms with Crippen LogP contribution in [0, 0.1) is 11.3 Å². The Labute approximate surface area is 193 Å². The number of amides is 3. The van der Waals surface area contributed by atoms with E-state index in [0.29, 0.717) is 5.56 Å². The Morgan fingerprint density at radius 1 is 0.935 bits per heavy atom. The predicted molar refractivity (Wildman–Crippen MR) is 120 cm³/mol. The highest BCUT2D eigenvalue weighted by atomic mass is 35.5. The topological polar surface area (TPSA) is 91.2 Å². The van der Waals surface area contributed by atoms with E-state index in [-0.39, 0.29) is 38.7 Å². The van der Waals surface area contributed by atoms with E-state index in [2.05, 4.69) is 10.6 Å². The molecule has 0 saturated carbocycles. The minimum Gasteiger partial charge on any atom is -0.486 e. The molecular weight excluding hydrogens is 461 g/mol. The van der Waals surface area contributed by atoms with Crippen LogP contribution in [0.4, 0.5) is 10.5 Å². The van der Waals surface area contributed by atoms with Gasteiger partial charge in [0.1, 0.15) is 6.61 Å². The molecule has 3 aromatic rings. The average Bonchev–Trinajstić information content (AvgIpc) is 2.73. The lowest BCUT2D eigenvalue weighted by Gasteiger charge is -2.13. The molecule has 6 nitrogen and oxygen atoms in total. The molecule has 3 rings (SSSR count). The van der Waals surface area contributed by atoms with Crippen molar-refractivity contribution in [2.45, 2.75) is 6.61 Å². The highest BCUT2D eigenvalue weighted by Crippen LogP contribution is 2.36. The maximum atomic E-state index is 12.2. The summed E-state index contributed by atoms with van der Waals surface area (Å²) in [6.45, 7) is 0.185. The van der Waals surface area contributed by atoms with Crippen molar-refractivity contribution in [1.82, 2.24) is 5.32 Å². The molecule has 3 amide bonds. The van der Waals surface area contributed by atoms with Gasteiger partial charge in [-0.1, -0.05) is 59.1 Å². The molecule has 0 atom stereocenters. The lowest BCUT2D eigenvalue weighted by Crippen LogP contribution is -2.34. The Morgan fingerprint density at radius 2 is 1.58 bits per heavy atom. The van der Waals surface area contributed by atoms with E-state index in [1.807, 2.05) is 6.07 Å². The summed E-state index contributed by atoms with van der Waals surface area (Å²) < 4.78 is 5.68. The number of urea groups is 1. The normalized spacial score (nSPS) is 10.1. The van der Waals surface area contributed by atoms with Crippen molar-refractivity contribution in [3.05, 3.63) is 92.4 Å². The summed E-state index contributed by atoms with van der Waals surface area (Å²) in [5.74, 6) is -0.409. The number of rotatable bonds is 5. The van der Waals surface area contributed by atoms with E-state index in [9.17, 15) is 9.59 Å². The highest BCUT2D eigenvalue weighted by molar-refractivity contribution is 6.37. The van der Waals surface area contributed by atoms with Gasteiger partial charge >= 0.3 is 6.03 Å². The summed E-state index contributed by atoms with van der Waals surface area (Å²) in [6, 6.07) is 17.4. The predicted octanol–water partition coefficient (Wildman–Crippen LogP) is 6.06. The van der Waals surface area contributed by atoms with Gasteiger partial charge in [0.25, 0.3) is 5.91 Å². The first-order valence-electron chi connectivity index (χ1n) is 8.85. The van der Waals surface area contributed by atoms with Gasteiger partial charge in [-0.2, -0.15) is 5.26 Å². The number of hydrogen-bond donors (Lipinski definition) is 2. The zero-order valence-corrected chi connectivity index (χ0v) is 18.1. The van der Waals surface area contributed by atoms with Crippen molar-refractivity contribution in [2.75, 3.05) is 5.32 Å². The van der Waals surface area contributed by atoms with Crippen LogP contribution in [0.25, 0.3) is 0 Å². The van der Waals surface area contributed by atoms with Crippen LogP contribution in [0.15, 0.2) is 60.7 Å². The third-order valence-electron chi connectivity index (χ3n) is 4.07. The van der Waals surface area contributed by atoms with E-state index < -0.39 is 11.9 Å². The van der Waals surface area contributed by atoms with Gasteiger partial charge in [-0.05, 0) is 42.0 Å². The summed E-state index contributed by atoms with van der Waals surface area (Å²) in [5, 5.41) is 14.1. The molecule has 0 fully saturated rings. The van der Waals surface area contributed by atoms with E-state index in [4.69, 9.17) is 44.8 Å². The lowest BCUT2D eigenvalue weighted by atomic mass is 10.1. The zero-order valence-electron chi connectivity index (χ0n) is 15.8. The molecule has 0 aliphatic rings. The monoisotopic (exact) mass is 473 g/mol. The van der Waals surface area contributed by atoms with Crippen molar-refractivity contribution in [3.8, 4) is 11.8 Å². The minimum atomic E-state index is -0.775. The van der Waals surface area contributed by atoms with E-state index in [0.717, 1.165) is 5.56 Å². The number of carbonyl (C=O) groups is 2. The fraction of sp³-hybridized carbons (Fsp3) is 0.0455. The maximum absolute atomic E-state index is 12.2. The molecule has 0 radical (unpaired) electrons. The molecule has 3 aromatic carbocycles. The van der Waals surface area contributed by atoms with Crippen molar-refractivity contribution >= 4 is 52.4 Å². The summed E-state index contributed by atoms with van der Waals surface area (Å²) in [6.07, 6.45) is 0. The smallest absolute Gasteiger partial charge is 0.326 e. The van der Waals surface area contributed by atoms with Crippen molar-refractivity contribution in [2.24, 2.45) is 0 Å². The number of nitriles is 1. The third-order valence-corrected chi connectivity index (χ3v) is 4.96.